The van der Waals surface area contributed by atoms with Crippen LogP contribution in [0.2, 0.25) is 5.02 Å². The van der Waals surface area contributed by atoms with Gasteiger partial charge in [-0.3, -0.25) is 0 Å². The zero-order chi connectivity index (χ0) is 20.5. The molecule has 1 aliphatic heterocycles. The van der Waals surface area contributed by atoms with Gasteiger partial charge in [0.2, 0.25) is 10.0 Å². The Morgan fingerprint density at radius 2 is 1.64 bits per heavy atom. The van der Waals surface area contributed by atoms with Gasteiger partial charge in [0.05, 0.1) is 11.5 Å². The van der Waals surface area contributed by atoms with Crippen LogP contribution in [-0.2, 0) is 10.0 Å². The highest BCUT2D eigenvalue weighted by Crippen LogP contribution is 2.30. The largest absolute Gasteiger partial charge is 0.494 e. The van der Waals surface area contributed by atoms with Crippen LogP contribution in [0, 0.1) is 20.8 Å². The molecule has 0 amide bonds. The Kier molecular flexibility index (Phi) is 6.22. The van der Waals surface area contributed by atoms with Crippen LogP contribution in [0.25, 0.3) is 0 Å². The first-order valence-electron chi connectivity index (χ1n) is 9.49. The fourth-order valence-corrected chi connectivity index (χ4v) is 5.46. The molecule has 1 fully saturated rings. The lowest BCUT2D eigenvalue weighted by atomic mass is 10.1. The number of aryl methyl sites for hydroxylation is 3. The van der Waals surface area contributed by atoms with Crippen molar-refractivity contribution in [2.24, 2.45) is 0 Å². The average molecular weight is 423 g/mol. The molecule has 0 bridgehead atoms. The van der Waals surface area contributed by atoms with E-state index in [0.29, 0.717) is 48.3 Å². The Bertz CT molecular complexity index is 968. The first kappa shape index (κ1) is 21.0. The van der Waals surface area contributed by atoms with E-state index >= 15 is 0 Å². The van der Waals surface area contributed by atoms with Crippen molar-refractivity contribution in [3.63, 3.8) is 0 Å². The number of benzene rings is 2. The predicted molar refractivity (Wildman–Crippen MR) is 114 cm³/mol. The molecule has 28 heavy (non-hydrogen) atoms. The van der Waals surface area contributed by atoms with E-state index < -0.39 is 10.0 Å². The molecule has 0 atom stereocenters. The first-order chi connectivity index (χ1) is 13.2. The van der Waals surface area contributed by atoms with Gasteiger partial charge in [0.25, 0.3) is 0 Å². The van der Waals surface area contributed by atoms with Gasteiger partial charge in [-0.15, -0.1) is 0 Å². The highest BCUT2D eigenvalue weighted by atomic mass is 35.5. The topological polar surface area (TPSA) is 49.9 Å². The summed E-state index contributed by atoms with van der Waals surface area (Å²) in [5.41, 5.74) is 3.75. The minimum atomic E-state index is -3.55. The summed E-state index contributed by atoms with van der Waals surface area (Å²) in [4.78, 5) is 2.56. The molecule has 5 nitrogen and oxygen atoms in total. The molecule has 0 spiro atoms. The Morgan fingerprint density at radius 3 is 2.29 bits per heavy atom. The van der Waals surface area contributed by atoms with Crippen LogP contribution in [0.3, 0.4) is 0 Å². The fraction of sp³-hybridized carbons (Fsp3) is 0.429. The second kappa shape index (κ2) is 8.31. The maximum atomic E-state index is 13.2. The SMILES string of the molecule is CCOc1cc(C)c(S(=O)(=O)N2CCN(c3cc(Cl)ccc3C)CC2)cc1C. The third kappa shape index (κ3) is 4.14. The monoisotopic (exact) mass is 422 g/mol. The van der Waals surface area contributed by atoms with Crippen molar-refractivity contribution in [1.82, 2.24) is 4.31 Å². The zero-order valence-electron chi connectivity index (χ0n) is 16.8. The lowest BCUT2D eigenvalue weighted by Gasteiger charge is -2.36. The summed E-state index contributed by atoms with van der Waals surface area (Å²) in [6.45, 7) is 10.4. The highest BCUT2D eigenvalue weighted by Gasteiger charge is 2.30. The molecule has 3 rings (SSSR count). The first-order valence-corrected chi connectivity index (χ1v) is 11.3. The van der Waals surface area contributed by atoms with Crippen molar-refractivity contribution in [2.75, 3.05) is 37.7 Å². The van der Waals surface area contributed by atoms with Gasteiger partial charge >= 0.3 is 0 Å². The van der Waals surface area contributed by atoms with Crippen LogP contribution in [0.4, 0.5) is 5.69 Å². The summed E-state index contributed by atoms with van der Waals surface area (Å²) in [6.07, 6.45) is 0. The smallest absolute Gasteiger partial charge is 0.243 e. The van der Waals surface area contributed by atoms with Gasteiger partial charge in [-0.2, -0.15) is 4.31 Å². The van der Waals surface area contributed by atoms with Gasteiger partial charge in [-0.05, 0) is 68.7 Å². The van der Waals surface area contributed by atoms with Crippen LogP contribution in [0.5, 0.6) is 5.75 Å². The minimum absolute atomic E-state index is 0.362. The Balaban J connectivity index is 1.80. The van der Waals surface area contributed by atoms with Gasteiger partial charge in [0.15, 0.2) is 0 Å². The second-order valence-corrected chi connectivity index (χ2v) is 9.48. The van der Waals surface area contributed by atoms with Crippen LogP contribution < -0.4 is 9.64 Å². The third-order valence-electron chi connectivity index (χ3n) is 5.14. The lowest BCUT2D eigenvalue weighted by Crippen LogP contribution is -2.49. The molecular weight excluding hydrogens is 396 g/mol. The summed E-state index contributed by atoms with van der Waals surface area (Å²) in [7, 11) is -3.55. The minimum Gasteiger partial charge on any atom is -0.494 e. The Labute approximate surface area is 172 Å². The molecule has 2 aromatic rings. The van der Waals surface area contributed by atoms with Crippen LogP contribution in [-0.4, -0.2) is 45.5 Å². The molecule has 0 aromatic heterocycles. The van der Waals surface area contributed by atoms with Crippen molar-refractivity contribution in [1.29, 1.82) is 0 Å². The van der Waals surface area contributed by atoms with Gasteiger partial charge < -0.3 is 9.64 Å². The third-order valence-corrected chi connectivity index (χ3v) is 7.42. The maximum Gasteiger partial charge on any atom is 0.243 e. The van der Waals surface area contributed by atoms with Crippen LogP contribution in [0.15, 0.2) is 35.2 Å². The van der Waals surface area contributed by atoms with Gasteiger partial charge in [0, 0.05) is 36.9 Å². The molecule has 0 saturated carbocycles. The number of halogens is 1. The molecular formula is C21H27ClN2O3S. The molecule has 0 unspecified atom stereocenters. The van der Waals surface area contributed by atoms with E-state index in [2.05, 4.69) is 4.90 Å². The fourth-order valence-electron chi connectivity index (χ4n) is 3.58. The predicted octanol–water partition coefficient (Wildman–Crippen LogP) is 4.17. The van der Waals surface area contributed by atoms with Gasteiger partial charge in [0.1, 0.15) is 5.75 Å². The van der Waals surface area contributed by atoms with Crippen LogP contribution in [0.1, 0.15) is 23.6 Å². The van der Waals surface area contributed by atoms with E-state index in [0.717, 1.165) is 22.6 Å². The number of anilines is 1. The van der Waals surface area contributed by atoms with Crippen molar-refractivity contribution in [3.05, 3.63) is 52.0 Å². The molecule has 1 heterocycles. The standard InChI is InChI=1S/C21H27ClN2O3S/c1-5-27-20-12-17(4)21(13-16(20)3)28(25,26)24-10-8-23(9-11-24)19-14-18(22)7-6-15(19)2/h6-7,12-14H,5,8-11H2,1-4H3. The lowest BCUT2D eigenvalue weighted by molar-refractivity contribution is 0.337. The molecule has 152 valence electrons. The summed E-state index contributed by atoms with van der Waals surface area (Å²) >= 11 is 6.14. The number of hydrogen-bond acceptors (Lipinski definition) is 4. The summed E-state index contributed by atoms with van der Waals surface area (Å²) < 4.78 is 33.6. The van der Waals surface area contributed by atoms with Crippen molar-refractivity contribution in [2.45, 2.75) is 32.6 Å². The summed E-state index contributed by atoms with van der Waals surface area (Å²) in [5.74, 6) is 0.736. The van der Waals surface area contributed by atoms with Crippen LogP contribution >= 0.6 is 11.6 Å². The van der Waals surface area contributed by atoms with Crippen molar-refractivity contribution >= 4 is 27.3 Å². The van der Waals surface area contributed by atoms with E-state index in [1.165, 1.54) is 0 Å². The molecule has 1 saturated heterocycles. The second-order valence-electron chi connectivity index (χ2n) is 7.14. The van der Waals surface area contributed by atoms with E-state index in [9.17, 15) is 8.42 Å². The quantitative estimate of drug-likeness (QED) is 0.725. The number of piperazine rings is 1. The summed E-state index contributed by atoms with van der Waals surface area (Å²) in [5, 5.41) is 0.691. The van der Waals surface area contributed by atoms with E-state index in [-0.39, 0.29) is 0 Å². The zero-order valence-corrected chi connectivity index (χ0v) is 18.4. The number of hydrogen-bond donors (Lipinski definition) is 0. The van der Waals surface area contributed by atoms with Gasteiger partial charge in [-0.25, -0.2) is 8.42 Å². The molecule has 1 aliphatic rings. The summed E-state index contributed by atoms with van der Waals surface area (Å²) in [6, 6.07) is 9.35. The number of nitrogens with zero attached hydrogens (tertiary/aromatic N) is 2. The molecule has 0 aliphatic carbocycles. The van der Waals surface area contributed by atoms with Gasteiger partial charge in [-0.1, -0.05) is 17.7 Å². The molecule has 0 N–H and O–H groups in total. The number of ether oxygens (including phenoxy) is 1. The molecule has 2 aromatic carbocycles. The Morgan fingerprint density at radius 1 is 0.964 bits per heavy atom. The van der Waals surface area contributed by atoms with E-state index in [1.54, 1.807) is 10.4 Å². The highest BCUT2D eigenvalue weighted by molar-refractivity contribution is 7.89. The number of rotatable bonds is 5. The maximum absolute atomic E-state index is 13.2. The van der Waals surface area contributed by atoms with E-state index in [1.807, 2.05) is 52.0 Å². The molecule has 0 radical (unpaired) electrons. The van der Waals surface area contributed by atoms with E-state index in [4.69, 9.17) is 16.3 Å². The Hall–Kier alpha value is -1.76. The number of sulfonamides is 1. The molecule has 7 heteroatoms. The van der Waals surface area contributed by atoms with Crippen molar-refractivity contribution < 1.29 is 13.2 Å². The normalized spacial score (nSPS) is 15.7. The van der Waals surface area contributed by atoms with Crippen molar-refractivity contribution in [3.8, 4) is 5.75 Å². The average Bonchev–Trinajstić information content (AvgIpc) is 2.66.